The van der Waals surface area contributed by atoms with Gasteiger partial charge in [-0.3, -0.25) is 0 Å². The SMILES string of the molecule is N#Cc1ccc(S(=O)(=O)Oc2cccc(-n3cnnn3)c2)cc1Cl. The molecule has 1 heterocycles. The minimum atomic E-state index is -4.10. The fourth-order valence-electron chi connectivity index (χ4n) is 1.87. The van der Waals surface area contributed by atoms with E-state index in [1.54, 1.807) is 12.1 Å². The maximum Gasteiger partial charge on any atom is 0.339 e. The van der Waals surface area contributed by atoms with E-state index in [2.05, 4.69) is 15.5 Å². The summed E-state index contributed by atoms with van der Waals surface area (Å²) < 4.78 is 31.1. The van der Waals surface area contributed by atoms with Crippen LogP contribution < -0.4 is 4.18 Å². The Morgan fingerprint density at radius 2 is 2.04 bits per heavy atom. The molecule has 1 aromatic heterocycles. The molecule has 0 radical (unpaired) electrons. The third-order valence-electron chi connectivity index (χ3n) is 2.99. The summed E-state index contributed by atoms with van der Waals surface area (Å²) in [6.07, 6.45) is 1.37. The van der Waals surface area contributed by atoms with Crippen LogP contribution in [0.5, 0.6) is 5.75 Å². The Balaban J connectivity index is 1.91. The van der Waals surface area contributed by atoms with Crippen LogP contribution in [0, 0.1) is 11.3 Å². The molecule has 10 heteroatoms. The number of halogens is 1. The van der Waals surface area contributed by atoms with E-state index in [0.717, 1.165) is 0 Å². The lowest BCUT2D eigenvalue weighted by Gasteiger charge is -2.09. The highest BCUT2D eigenvalue weighted by Gasteiger charge is 2.18. The zero-order valence-electron chi connectivity index (χ0n) is 11.9. The van der Waals surface area contributed by atoms with E-state index in [4.69, 9.17) is 21.0 Å². The Morgan fingerprint density at radius 3 is 2.71 bits per heavy atom. The monoisotopic (exact) mass is 361 g/mol. The van der Waals surface area contributed by atoms with Crippen LogP contribution in [0.2, 0.25) is 5.02 Å². The molecule has 0 unspecified atom stereocenters. The molecule has 0 N–H and O–H groups in total. The number of nitriles is 1. The van der Waals surface area contributed by atoms with Crippen molar-refractivity contribution in [3.8, 4) is 17.5 Å². The van der Waals surface area contributed by atoms with Crippen molar-refractivity contribution in [2.24, 2.45) is 0 Å². The summed E-state index contributed by atoms with van der Waals surface area (Å²) in [5.41, 5.74) is 0.710. The van der Waals surface area contributed by atoms with Gasteiger partial charge >= 0.3 is 10.1 Å². The summed E-state index contributed by atoms with van der Waals surface area (Å²) >= 11 is 5.86. The number of nitrogens with zero attached hydrogens (tertiary/aromatic N) is 5. The van der Waals surface area contributed by atoms with Gasteiger partial charge in [-0.25, -0.2) is 4.68 Å². The first-order chi connectivity index (χ1) is 11.5. The second-order valence-electron chi connectivity index (χ2n) is 4.54. The molecule has 3 aromatic rings. The van der Waals surface area contributed by atoms with Crippen LogP contribution in [0.3, 0.4) is 0 Å². The molecule has 2 aromatic carbocycles. The fourth-order valence-corrected chi connectivity index (χ4v) is 3.11. The molecule has 0 bridgehead atoms. The highest BCUT2D eigenvalue weighted by atomic mass is 35.5. The van der Waals surface area contributed by atoms with Gasteiger partial charge < -0.3 is 4.18 Å². The normalized spacial score (nSPS) is 11.0. The predicted octanol–water partition coefficient (Wildman–Crippen LogP) is 1.96. The van der Waals surface area contributed by atoms with Gasteiger partial charge in [0.05, 0.1) is 16.3 Å². The average molecular weight is 362 g/mol. The Morgan fingerprint density at radius 1 is 1.21 bits per heavy atom. The van der Waals surface area contributed by atoms with E-state index in [1.165, 1.54) is 41.3 Å². The lowest BCUT2D eigenvalue weighted by molar-refractivity contribution is 0.486. The smallest absolute Gasteiger partial charge is 0.339 e. The van der Waals surface area contributed by atoms with Gasteiger partial charge in [0.25, 0.3) is 0 Å². The van der Waals surface area contributed by atoms with Crippen LogP contribution in [0.15, 0.2) is 53.7 Å². The van der Waals surface area contributed by atoms with E-state index in [1.807, 2.05) is 6.07 Å². The van der Waals surface area contributed by atoms with Crippen LogP contribution in [0.25, 0.3) is 5.69 Å². The molecule has 0 atom stereocenters. The van der Waals surface area contributed by atoms with E-state index in [0.29, 0.717) is 5.69 Å². The van der Waals surface area contributed by atoms with E-state index >= 15 is 0 Å². The van der Waals surface area contributed by atoms with Gasteiger partial charge in [0.2, 0.25) is 0 Å². The molecule has 8 nitrogen and oxygen atoms in total. The molecular formula is C14H8ClN5O3S. The van der Waals surface area contributed by atoms with Crippen molar-refractivity contribution in [2.75, 3.05) is 0 Å². The first-order valence-electron chi connectivity index (χ1n) is 6.47. The summed E-state index contributed by atoms with van der Waals surface area (Å²) in [4.78, 5) is -0.153. The number of aromatic nitrogens is 4. The number of tetrazole rings is 1. The highest BCUT2D eigenvalue weighted by Crippen LogP contribution is 2.24. The number of hydrogen-bond acceptors (Lipinski definition) is 7. The summed E-state index contributed by atoms with van der Waals surface area (Å²) in [7, 11) is -4.10. The molecule has 120 valence electrons. The topological polar surface area (TPSA) is 111 Å². The fraction of sp³-hybridized carbons (Fsp3) is 0. The zero-order valence-corrected chi connectivity index (χ0v) is 13.4. The summed E-state index contributed by atoms with van der Waals surface area (Å²) in [6.45, 7) is 0. The van der Waals surface area contributed by atoms with Crippen molar-refractivity contribution < 1.29 is 12.6 Å². The minimum Gasteiger partial charge on any atom is -0.379 e. The Bertz CT molecular complexity index is 1030. The van der Waals surface area contributed by atoms with Crippen LogP contribution >= 0.6 is 11.6 Å². The van der Waals surface area contributed by atoms with E-state index in [9.17, 15) is 8.42 Å². The predicted molar refractivity (Wildman–Crippen MR) is 83.1 cm³/mol. The molecule has 24 heavy (non-hydrogen) atoms. The van der Waals surface area contributed by atoms with Gasteiger partial charge in [0, 0.05) is 6.07 Å². The summed E-state index contributed by atoms with van der Waals surface area (Å²) in [6, 6.07) is 11.8. The van der Waals surface area contributed by atoms with Gasteiger partial charge in [-0.1, -0.05) is 17.7 Å². The number of hydrogen-bond donors (Lipinski definition) is 0. The van der Waals surface area contributed by atoms with Crippen molar-refractivity contribution in [2.45, 2.75) is 4.90 Å². The van der Waals surface area contributed by atoms with Crippen LogP contribution in [0.1, 0.15) is 5.56 Å². The van der Waals surface area contributed by atoms with Gasteiger partial charge in [0.15, 0.2) is 0 Å². The molecule has 0 saturated carbocycles. The van der Waals surface area contributed by atoms with Gasteiger partial charge in [-0.05, 0) is 40.8 Å². The molecular weight excluding hydrogens is 354 g/mol. The van der Waals surface area contributed by atoms with Crippen LogP contribution in [-0.2, 0) is 10.1 Å². The molecule has 0 saturated heterocycles. The number of benzene rings is 2. The third kappa shape index (κ3) is 3.19. The summed E-state index contributed by atoms with van der Waals surface area (Å²) in [5, 5.41) is 19.6. The highest BCUT2D eigenvalue weighted by molar-refractivity contribution is 7.87. The maximum atomic E-state index is 12.3. The molecule has 0 aliphatic carbocycles. The average Bonchev–Trinajstić information content (AvgIpc) is 3.09. The quantitative estimate of drug-likeness (QED) is 0.653. The Hall–Kier alpha value is -2.96. The molecule has 0 amide bonds. The lowest BCUT2D eigenvalue weighted by atomic mass is 10.2. The molecule has 3 rings (SSSR count). The molecule has 0 spiro atoms. The molecule has 0 fully saturated rings. The Labute approximate surface area is 142 Å². The third-order valence-corrected chi connectivity index (χ3v) is 4.54. The first-order valence-corrected chi connectivity index (χ1v) is 8.26. The van der Waals surface area contributed by atoms with E-state index in [-0.39, 0.29) is 21.2 Å². The zero-order chi connectivity index (χ0) is 17.2. The van der Waals surface area contributed by atoms with Gasteiger partial charge in [-0.2, -0.15) is 13.7 Å². The standard InChI is InChI=1S/C14H8ClN5O3S/c15-14-7-13(5-4-10(14)8-16)24(21,22)23-12-3-1-2-11(6-12)20-9-17-18-19-20/h1-7,9H. The van der Waals surface area contributed by atoms with E-state index < -0.39 is 10.1 Å². The maximum absolute atomic E-state index is 12.3. The lowest BCUT2D eigenvalue weighted by Crippen LogP contribution is -2.10. The van der Waals surface area contributed by atoms with Crippen molar-refractivity contribution in [3.05, 3.63) is 59.4 Å². The van der Waals surface area contributed by atoms with Crippen LogP contribution in [0.4, 0.5) is 0 Å². The van der Waals surface area contributed by atoms with Crippen LogP contribution in [-0.4, -0.2) is 28.6 Å². The van der Waals surface area contributed by atoms with Gasteiger partial charge in [-0.15, -0.1) is 5.10 Å². The first kappa shape index (κ1) is 15.9. The second-order valence-corrected chi connectivity index (χ2v) is 6.50. The largest absolute Gasteiger partial charge is 0.379 e. The minimum absolute atomic E-state index is 0.0321. The molecule has 0 aliphatic heterocycles. The summed E-state index contributed by atoms with van der Waals surface area (Å²) in [5.74, 6) is 0.0866. The second kappa shape index (κ2) is 6.27. The van der Waals surface area contributed by atoms with Gasteiger partial charge in [0.1, 0.15) is 23.0 Å². The van der Waals surface area contributed by atoms with Crippen molar-refractivity contribution in [1.82, 2.24) is 20.2 Å². The number of rotatable bonds is 4. The molecule has 0 aliphatic rings. The van der Waals surface area contributed by atoms with Crippen molar-refractivity contribution in [1.29, 1.82) is 5.26 Å². The Kier molecular flexibility index (Phi) is 4.16. The van der Waals surface area contributed by atoms with Crippen molar-refractivity contribution in [3.63, 3.8) is 0 Å². The van der Waals surface area contributed by atoms with Crippen molar-refractivity contribution >= 4 is 21.7 Å².